The van der Waals surface area contributed by atoms with Gasteiger partial charge in [-0.15, -0.1) is 0 Å². The highest BCUT2D eigenvalue weighted by atomic mass is 35.5. The number of nitrogens with zero attached hydrogens (tertiary/aromatic N) is 2. The van der Waals surface area contributed by atoms with E-state index in [0.29, 0.717) is 17.0 Å². The van der Waals surface area contributed by atoms with E-state index in [1.807, 2.05) is 16.8 Å². The van der Waals surface area contributed by atoms with E-state index in [-0.39, 0.29) is 30.4 Å². The van der Waals surface area contributed by atoms with Crippen LogP contribution in [0.2, 0.25) is 5.02 Å². The molecule has 0 bridgehead atoms. The third kappa shape index (κ3) is 3.64. The highest BCUT2D eigenvalue weighted by Gasteiger charge is 2.38. The van der Waals surface area contributed by atoms with Crippen LogP contribution in [0.25, 0.3) is 10.9 Å². The summed E-state index contributed by atoms with van der Waals surface area (Å²) in [7, 11) is 0. The molecule has 0 spiro atoms. The number of allylic oxidation sites excluding steroid dienone is 1. The van der Waals surface area contributed by atoms with Crippen molar-refractivity contribution in [2.24, 2.45) is 5.92 Å². The Morgan fingerprint density at radius 1 is 1.38 bits per heavy atom. The Morgan fingerprint density at radius 2 is 2.21 bits per heavy atom. The summed E-state index contributed by atoms with van der Waals surface area (Å²) in [6.07, 6.45) is 6.04. The Morgan fingerprint density at radius 3 is 2.93 bits per heavy atom. The number of carbonyl (C=O) groups excluding carboxylic acids is 1. The van der Waals surface area contributed by atoms with Crippen molar-refractivity contribution in [1.82, 2.24) is 9.78 Å². The molecule has 1 aliphatic carbocycles. The van der Waals surface area contributed by atoms with Crippen molar-refractivity contribution in [3.8, 4) is 0 Å². The highest BCUT2D eigenvalue weighted by molar-refractivity contribution is 6.32. The minimum Gasteiger partial charge on any atom is -0.512 e. The summed E-state index contributed by atoms with van der Waals surface area (Å²) in [4.78, 5) is 12.7. The predicted molar refractivity (Wildman–Crippen MR) is 111 cm³/mol. The molecule has 1 aromatic heterocycles. The van der Waals surface area contributed by atoms with Crippen LogP contribution in [-0.4, -0.2) is 34.1 Å². The maximum Gasteiger partial charge on any atom is 0.338 e. The smallest absolute Gasteiger partial charge is 0.338 e. The highest BCUT2D eigenvalue weighted by Crippen LogP contribution is 2.46. The van der Waals surface area contributed by atoms with Gasteiger partial charge in [-0.3, -0.25) is 0 Å². The number of hydrogen-bond acceptors (Lipinski definition) is 5. The van der Waals surface area contributed by atoms with Crippen molar-refractivity contribution < 1.29 is 19.4 Å². The van der Waals surface area contributed by atoms with E-state index in [0.717, 1.165) is 48.8 Å². The lowest BCUT2D eigenvalue weighted by molar-refractivity contribution is -0.139. The maximum absolute atomic E-state index is 12.7. The van der Waals surface area contributed by atoms with E-state index < -0.39 is 5.97 Å². The summed E-state index contributed by atoms with van der Waals surface area (Å²) >= 11 is 6.67. The predicted octanol–water partition coefficient (Wildman–Crippen LogP) is 5.28. The first kappa shape index (κ1) is 20.2. The number of esters is 1. The lowest BCUT2D eigenvalue weighted by Crippen LogP contribution is -2.26. The zero-order valence-corrected chi connectivity index (χ0v) is 17.6. The van der Waals surface area contributed by atoms with Crippen LogP contribution < -0.4 is 0 Å². The van der Waals surface area contributed by atoms with Gasteiger partial charge < -0.3 is 14.6 Å². The van der Waals surface area contributed by atoms with Gasteiger partial charge >= 0.3 is 5.97 Å². The molecule has 3 atom stereocenters. The molecule has 1 fully saturated rings. The minimum absolute atomic E-state index is 0.0903. The van der Waals surface area contributed by atoms with Gasteiger partial charge in [0.2, 0.25) is 0 Å². The van der Waals surface area contributed by atoms with Crippen molar-refractivity contribution in [2.45, 2.75) is 58.1 Å². The molecule has 156 valence electrons. The van der Waals surface area contributed by atoms with Crippen LogP contribution in [0.1, 0.15) is 63.7 Å². The topological polar surface area (TPSA) is 73.6 Å². The summed E-state index contributed by atoms with van der Waals surface area (Å²) in [5.41, 5.74) is 2.08. The number of benzene rings is 1. The Hall–Kier alpha value is -2.05. The number of aromatic nitrogens is 2. The quantitative estimate of drug-likeness (QED) is 0.684. The SMILES string of the molecule is CCOC(=O)C1=C(O)CCC(C)C1c1c(Cl)ccc2c1cnn2C1CCCCO1. The first-order valence-corrected chi connectivity index (χ1v) is 10.8. The molecule has 0 saturated carbocycles. The number of aliphatic hydroxyl groups excluding tert-OH is 1. The lowest BCUT2D eigenvalue weighted by Gasteiger charge is -2.32. The van der Waals surface area contributed by atoms with Crippen LogP contribution in [0.3, 0.4) is 0 Å². The van der Waals surface area contributed by atoms with Crippen LogP contribution in [0.5, 0.6) is 0 Å². The van der Waals surface area contributed by atoms with Crippen molar-refractivity contribution in [3.63, 3.8) is 0 Å². The number of carbonyl (C=O) groups is 1. The van der Waals surface area contributed by atoms with E-state index in [1.54, 1.807) is 13.1 Å². The van der Waals surface area contributed by atoms with Gasteiger partial charge in [0.1, 0.15) is 5.76 Å². The first-order valence-electron chi connectivity index (χ1n) is 10.4. The van der Waals surface area contributed by atoms with Gasteiger partial charge in [0.05, 0.1) is 23.9 Å². The summed E-state index contributed by atoms with van der Waals surface area (Å²) in [5, 5.41) is 16.6. The average Bonchev–Trinajstić information content (AvgIpc) is 3.15. The molecule has 0 amide bonds. The van der Waals surface area contributed by atoms with Crippen molar-refractivity contribution in [2.75, 3.05) is 13.2 Å². The minimum atomic E-state index is -0.474. The molecule has 1 aliphatic heterocycles. The van der Waals surface area contributed by atoms with Gasteiger partial charge in [0.25, 0.3) is 0 Å². The fourth-order valence-corrected chi connectivity index (χ4v) is 4.87. The molecular formula is C22H27ClN2O4. The normalized spacial score (nSPS) is 25.4. The molecule has 4 rings (SSSR count). The van der Waals surface area contributed by atoms with Crippen LogP contribution in [0.4, 0.5) is 0 Å². The average molecular weight is 419 g/mol. The molecule has 1 saturated heterocycles. The number of halogens is 1. The summed E-state index contributed by atoms with van der Waals surface area (Å²) < 4.78 is 13.1. The molecule has 2 aromatic rings. The van der Waals surface area contributed by atoms with Crippen LogP contribution in [-0.2, 0) is 14.3 Å². The first-order chi connectivity index (χ1) is 14.0. The zero-order chi connectivity index (χ0) is 20.5. The maximum atomic E-state index is 12.7. The molecule has 0 radical (unpaired) electrons. The van der Waals surface area contributed by atoms with Crippen LogP contribution >= 0.6 is 11.6 Å². The summed E-state index contributed by atoms with van der Waals surface area (Å²) in [6, 6.07) is 3.80. The number of ether oxygens (including phenoxy) is 2. The van der Waals surface area contributed by atoms with Crippen LogP contribution in [0, 0.1) is 5.92 Å². The van der Waals surface area contributed by atoms with E-state index in [1.165, 1.54) is 0 Å². The second-order valence-corrected chi connectivity index (χ2v) is 8.29. The number of rotatable bonds is 4. The molecule has 29 heavy (non-hydrogen) atoms. The van der Waals surface area contributed by atoms with Gasteiger partial charge in [-0.05, 0) is 56.2 Å². The number of aliphatic hydroxyl groups is 1. The van der Waals surface area contributed by atoms with Crippen molar-refractivity contribution >= 4 is 28.5 Å². The zero-order valence-electron chi connectivity index (χ0n) is 16.9. The van der Waals surface area contributed by atoms with Gasteiger partial charge in [0, 0.05) is 29.4 Å². The van der Waals surface area contributed by atoms with Gasteiger partial charge in [0.15, 0.2) is 6.23 Å². The lowest BCUT2D eigenvalue weighted by atomic mass is 9.73. The monoisotopic (exact) mass is 418 g/mol. The second kappa shape index (κ2) is 8.36. The van der Waals surface area contributed by atoms with Crippen LogP contribution in [0.15, 0.2) is 29.7 Å². The number of fused-ring (bicyclic) bond motifs is 1. The fraction of sp³-hybridized carbons (Fsp3) is 0.545. The van der Waals surface area contributed by atoms with Crippen molar-refractivity contribution in [3.05, 3.63) is 40.2 Å². The molecule has 3 unspecified atom stereocenters. The standard InChI is InChI=1S/C22H27ClN2O4/c1-3-28-22(27)21-17(26)10-7-13(2)19(21)20-14-12-24-25(16(14)9-8-15(20)23)18-6-4-5-11-29-18/h8-9,12-13,18-19,26H,3-7,10-11H2,1-2H3. The van der Waals surface area contributed by atoms with E-state index in [2.05, 4.69) is 12.0 Å². The van der Waals surface area contributed by atoms with Crippen molar-refractivity contribution in [1.29, 1.82) is 0 Å². The Bertz CT molecular complexity index is 946. The van der Waals surface area contributed by atoms with E-state index >= 15 is 0 Å². The Kier molecular flexibility index (Phi) is 5.83. The van der Waals surface area contributed by atoms with E-state index in [9.17, 15) is 9.90 Å². The largest absolute Gasteiger partial charge is 0.512 e. The molecule has 2 aliphatic rings. The van der Waals surface area contributed by atoms with Gasteiger partial charge in [-0.25, -0.2) is 9.48 Å². The Labute approximate surface area is 175 Å². The fourth-order valence-electron chi connectivity index (χ4n) is 4.59. The molecular weight excluding hydrogens is 392 g/mol. The second-order valence-electron chi connectivity index (χ2n) is 7.88. The molecule has 6 nitrogen and oxygen atoms in total. The molecule has 1 N–H and O–H groups in total. The third-order valence-electron chi connectivity index (χ3n) is 6.03. The number of hydrogen-bond donors (Lipinski definition) is 1. The summed E-state index contributed by atoms with van der Waals surface area (Å²) in [6.45, 7) is 4.83. The van der Waals surface area contributed by atoms with Gasteiger partial charge in [-0.2, -0.15) is 5.10 Å². The molecule has 7 heteroatoms. The van der Waals surface area contributed by atoms with Gasteiger partial charge in [-0.1, -0.05) is 18.5 Å². The Balaban J connectivity index is 1.85. The third-order valence-corrected chi connectivity index (χ3v) is 6.36. The molecule has 1 aromatic carbocycles. The molecule has 2 heterocycles. The summed E-state index contributed by atoms with van der Waals surface area (Å²) in [5.74, 6) is -0.591. The van der Waals surface area contributed by atoms with E-state index in [4.69, 9.17) is 21.1 Å².